The summed E-state index contributed by atoms with van der Waals surface area (Å²) in [4.78, 5) is 0. The Morgan fingerprint density at radius 3 is 0.571 bits per heavy atom. The maximum atomic E-state index is 0. The largest absolute Gasteiger partial charge is 2.00 e. The van der Waals surface area contributed by atoms with Crippen LogP contribution < -0.4 is 0 Å². The molecule has 0 aliphatic carbocycles. The van der Waals surface area contributed by atoms with E-state index in [-0.39, 0.29) is 109 Å². The summed E-state index contributed by atoms with van der Waals surface area (Å²) in [6, 6.07) is 0. The second kappa shape index (κ2) is 72.9. The van der Waals surface area contributed by atoms with E-state index in [0.717, 1.165) is 0 Å². The van der Waals surface area contributed by atoms with Crippen LogP contribution in [0.1, 0.15) is 0 Å². The van der Waals surface area contributed by atoms with Gasteiger partial charge < -0.3 is 21.9 Å². The van der Waals surface area contributed by atoms with Gasteiger partial charge in [0.2, 0.25) is 0 Å². The average Bonchev–Trinajstić information content (AvgIpc) is 0. The van der Waals surface area contributed by atoms with Crippen LogP contribution in [0.3, 0.4) is 0 Å². The maximum absolute atomic E-state index is 0. The van der Waals surface area contributed by atoms with Gasteiger partial charge in [0.1, 0.15) is 0 Å². The van der Waals surface area contributed by atoms with Gasteiger partial charge >= 0.3 is 65.4 Å². The predicted octanol–water partition coefficient (Wildman–Crippen LogP) is -1.09. The molecule has 0 rings (SSSR count). The zero-order valence-electron chi connectivity index (χ0n) is 3.31. The molecule has 0 atom stereocenters. The Morgan fingerprint density at radius 2 is 0.571 bits per heavy atom. The zero-order chi connectivity index (χ0) is 0. The fraction of sp³-hybridized carbons (Fsp3) is 0. The van der Waals surface area contributed by atoms with Crippen LogP contribution >= 0.6 is 0 Å². The molecule has 0 aliphatic rings. The third-order valence-electron chi connectivity index (χ3n) is 0. The Bertz CT molecular complexity index is 11.7. The maximum Gasteiger partial charge on any atom is 2.00 e. The van der Waals surface area contributed by atoms with Gasteiger partial charge in [0.05, 0.1) is 0 Å². The van der Waals surface area contributed by atoms with Crippen LogP contribution in [0.4, 0.5) is 0 Å². The van der Waals surface area contributed by atoms with Gasteiger partial charge in [0.15, 0.2) is 0 Å². The second-order valence-electron chi connectivity index (χ2n) is 0. The summed E-state index contributed by atoms with van der Waals surface area (Å²) in [5.41, 5.74) is 0. The predicted molar refractivity (Wildman–Crippen MR) is 13.5 cm³/mol. The van der Waals surface area contributed by atoms with E-state index in [1.54, 1.807) is 0 Å². The molecule has 0 spiro atoms. The molecule has 0 heterocycles. The van der Waals surface area contributed by atoms with E-state index in [0.29, 0.717) is 0 Å². The molecule has 0 amide bonds. The topological polar surface area (TPSA) is 120 Å². The third kappa shape index (κ3) is 55.0. The number of hydrogen-bond acceptors (Lipinski definition) is 4. The molecular weight excluding hydrogens is 308 g/mol. The quantitative estimate of drug-likeness (QED) is 0.527. The van der Waals surface area contributed by atoms with Crippen LogP contribution in [-0.4, -0.2) is 70.8 Å². The summed E-state index contributed by atoms with van der Waals surface area (Å²) in [7, 11) is 0. The van der Waals surface area contributed by atoms with Gasteiger partial charge in [-0.1, -0.05) is 0 Å². The summed E-state index contributed by atoms with van der Waals surface area (Å²) in [5.74, 6) is 0. The molecule has 4 nitrogen and oxygen atoms in total. The van der Waals surface area contributed by atoms with Crippen LogP contribution in [0.15, 0.2) is 0 Å². The summed E-state index contributed by atoms with van der Waals surface area (Å²) < 4.78 is 0. The van der Waals surface area contributed by atoms with Gasteiger partial charge in [-0.25, -0.2) is 0 Å². The Balaban J connectivity index is 0. The SMILES string of the molecule is [Ba+2].[Ni+2].[OH-].[OH-].[OH-].[OH-].[Ti]. The van der Waals surface area contributed by atoms with Crippen molar-refractivity contribution in [3.05, 3.63) is 0 Å². The smallest absolute Gasteiger partial charge is 0.870 e. The van der Waals surface area contributed by atoms with E-state index in [1.165, 1.54) is 0 Å². The second-order valence-corrected chi connectivity index (χ2v) is 0. The Labute approximate surface area is 107 Å². The molecule has 44 valence electrons. The minimum Gasteiger partial charge on any atom is -0.870 e. The van der Waals surface area contributed by atoms with Crippen LogP contribution in [0, 0.1) is 0 Å². The Morgan fingerprint density at radius 1 is 0.571 bits per heavy atom. The van der Waals surface area contributed by atoms with E-state index in [4.69, 9.17) is 0 Å². The van der Waals surface area contributed by atoms with Crippen LogP contribution in [0.5, 0.6) is 0 Å². The van der Waals surface area contributed by atoms with Gasteiger partial charge in [-0.3, -0.25) is 0 Å². The fourth-order valence-corrected chi connectivity index (χ4v) is 0. The van der Waals surface area contributed by atoms with Crippen LogP contribution in [0.25, 0.3) is 0 Å². The van der Waals surface area contributed by atoms with Crippen molar-refractivity contribution in [1.82, 2.24) is 0 Å². The molecule has 7 heavy (non-hydrogen) atoms. The Kier molecular flexibility index (Phi) is 1090. The van der Waals surface area contributed by atoms with Crippen molar-refractivity contribution in [2.75, 3.05) is 0 Å². The van der Waals surface area contributed by atoms with E-state index in [9.17, 15) is 0 Å². The Hall–Kier alpha value is 2.62. The first kappa shape index (κ1) is 104. The normalized spacial score (nSPS) is 0. The molecule has 0 unspecified atom stereocenters. The zero-order valence-corrected chi connectivity index (χ0v) is 10.3. The number of rotatable bonds is 0. The molecular formula is H4BaNiO4Ti. The molecule has 0 aromatic heterocycles. The van der Waals surface area contributed by atoms with E-state index in [1.807, 2.05) is 0 Å². The average molecular weight is 312 g/mol. The van der Waals surface area contributed by atoms with E-state index in [2.05, 4.69) is 0 Å². The van der Waals surface area contributed by atoms with Crippen molar-refractivity contribution in [2.45, 2.75) is 0 Å². The first-order valence-electron chi connectivity index (χ1n) is 0. The summed E-state index contributed by atoms with van der Waals surface area (Å²) >= 11 is 0. The first-order chi connectivity index (χ1) is 0. The molecule has 0 radical (unpaired) electrons. The monoisotopic (exact) mass is 312 g/mol. The van der Waals surface area contributed by atoms with Crippen molar-refractivity contribution in [3.63, 3.8) is 0 Å². The summed E-state index contributed by atoms with van der Waals surface area (Å²) in [5, 5.41) is 0. The summed E-state index contributed by atoms with van der Waals surface area (Å²) in [6.45, 7) is 0. The minimum absolute atomic E-state index is 0. The van der Waals surface area contributed by atoms with Crippen molar-refractivity contribution >= 4 is 48.9 Å². The molecule has 0 aliphatic heterocycles. The molecule has 0 aromatic rings. The van der Waals surface area contributed by atoms with E-state index < -0.39 is 0 Å². The first-order valence-corrected chi connectivity index (χ1v) is 0. The fourth-order valence-electron chi connectivity index (χ4n) is 0. The molecule has 0 aromatic carbocycles. The van der Waals surface area contributed by atoms with Crippen LogP contribution in [-0.2, 0) is 38.2 Å². The van der Waals surface area contributed by atoms with Crippen molar-refractivity contribution < 1.29 is 60.1 Å². The van der Waals surface area contributed by atoms with Crippen molar-refractivity contribution in [1.29, 1.82) is 0 Å². The molecule has 0 fully saturated rings. The van der Waals surface area contributed by atoms with Crippen molar-refractivity contribution in [2.24, 2.45) is 0 Å². The van der Waals surface area contributed by atoms with Crippen molar-refractivity contribution in [3.8, 4) is 0 Å². The molecule has 4 N–H and O–H groups in total. The van der Waals surface area contributed by atoms with Gasteiger partial charge in [-0.2, -0.15) is 0 Å². The molecule has 0 bridgehead atoms. The minimum atomic E-state index is 0. The number of hydrogen-bond donors (Lipinski definition) is 0. The third-order valence-corrected chi connectivity index (χ3v) is 0. The standard InChI is InChI=1S/Ba.Ni.4H2O.Ti/h;;4*1H2;/q2*+2;;;;;/p-4. The molecule has 0 saturated heterocycles. The van der Waals surface area contributed by atoms with E-state index >= 15 is 0 Å². The van der Waals surface area contributed by atoms with Gasteiger partial charge in [-0.15, -0.1) is 0 Å². The molecule has 7 heteroatoms. The van der Waals surface area contributed by atoms with Gasteiger partial charge in [0, 0.05) is 21.7 Å². The van der Waals surface area contributed by atoms with Gasteiger partial charge in [0.25, 0.3) is 0 Å². The molecule has 0 saturated carbocycles. The van der Waals surface area contributed by atoms with Crippen LogP contribution in [0.2, 0.25) is 0 Å². The van der Waals surface area contributed by atoms with Gasteiger partial charge in [-0.05, 0) is 0 Å². The summed E-state index contributed by atoms with van der Waals surface area (Å²) in [6.07, 6.45) is 0.